The number of rotatable bonds is 6. The van der Waals surface area contributed by atoms with Crippen LogP contribution in [0.15, 0.2) is 30.3 Å². The van der Waals surface area contributed by atoms with Crippen LogP contribution < -0.4 is 16.4 Å². The van der Waals surface area contributed by atoms with Gasteiger partial charge >= 0.3 is 5.97 Å². The van der Waals surface area contributed by atoms with Crippen molar-refractivity contribution in [3.8, 4) is 0 Å². The summed E-state index contributed by atoms with van der Waals surface area (Å²) in [4.78, 5) is 34.6. The summed E-state index contributed by atoms with van der Waals surface area (Å²) >= 11 is 0. The second kappa shape index (κ2) is 6.50. The summed E-state index contributed by atoms with van der Waals surface area (Å²) < 4.78 is 0. The van der Waals surface area contributed by atoms with Gasteiger partial charge < -0.3 is 16.6 Å². The molecule has 0 saturated heterocycles. The Morgan fingerprint density at radius 1 is 1.21 bits per heavy atom. The van der Waals surface area contributed by atoms with E-state index in [4.69, 9.17) is 16.6 Å². The summed E-state index contributed by atoms with van der Waals surface area (Å²) in [7, 11) is 0. The maximum Gasteiger partial charge on any atom is 0.323 e. The molecule has 0 radical (unpaired) electrons. The summed E-state index contributed by atoms with van der Waals surface area (Å²) in [5, 5.41) is 8.83. The van der Waals surface area contributed by atoms with E-state index in [-0.39, 0.29) is 6.42 Å². The highest BCUT2D eigenvalue weighted by Gasteiger charge is 2.25. The molecule has 0 saturated carbocycles. The number of primary amides is 1. The van der Waals surface area contributed by atoms with Crippen molar-refractivity contribution in [2.75, 3.05) is 11.4 Å². The predicted octanol–water partition coefficient (Wildman–Crippen LogP) is -0.693. The number of hydrogen-bond donors (Lipinski definition) is 3. The number of carbonyl (C=O) groups excluding carboxylic acids is 2. The molecule has 0 fully saturated rings. The number of carboxylic acids is 1. The van der Waals surface area contributed by atoms with Crippen LogP contribution in [0.1, 0.15) is 6.42 Å². The van der Waals surface area contributed by atoms with Gasteiger partial charge in [-0.25, -0.2) is 0 Å². The average Bonchev–Trinajstić information content (AvgIpc) is 2.35. The van der Waals surface area contributed by atoms with Crippen molar-refractivity contribution in [1.82, 2.24) is 0 Å². The number of carboxylic acid groups (broad SMARTS) is 1. The van der Waals surface area contributed by atoms with Gasteiger partial charge in [-0.05, 0) is 12.1 Å². The van der Waals surface area contributed by atoms with E-state index in [1.165, 1.54) is 0 Å². The number of carbonyl (C=O) groups is 3. The van der Waals surface area contributed by atoms with Crippen LogP contribution in [0.25, 0.3) is 0 Å². The van der Waals surface area contributed by atoms with Gasteiger partial charge in [0.05, 0.1) is 12.5 Å². The third-order valence-corrected chi connectivity index (χ3v) is 2.37. The zero-order chi connectivity index (χ0) is 14.4. The molecule has 1 rings (SSSR count). The molecule has 19 heavy (non-hydrogen) atoms. The molecule has 1 aromatic rings. The minimum Gasteiger partial charge on any atom is -0.480 e. The summed E-state index contributed by atoms with van der Waals surface area (Å²) in [5.74, 6) is -2.56. The zero-order valence-electron chi connectivity index (χ0n) is 10.2. The van der Waals surface area contributed by atoms with Crippen molar-refractivity contribution in [3.05, 3.63) is 30.3 Å². The smallest absolute Gasteiger partial charge is 0.323 e. The molecule has 1 aromatic carbocycles. The molecule has 7 heteroatoms. The van der Waals surface area contributed by atoms with Crippen LogP contribution in [-0.2, 0) is 14.4 Å². The van der Waals surface area contributed by atoms with E-state index in [1.54, 1.807) is 30.3 Å². The molecule has 5 N–H and O–H groups in total. The summed E-state index contributed by atoms with van der Waals surface area (Å²) in [6.45, 7) is -0.532. The van der Waals surface area contributed by atoms with E-state index >= 15 is 0 Å². The van der Waals surface area contributed by atoms with E-state index in [9.17, 15) is 14.4 Å². The molecule has 0 unspecified atom stereocenters. The molecule has 0 spiro atoms. The molecule has 2 amide bonds. The number of aliphatic carboxylic acids is 1. The SMILES string of the molecule is NC(=O)C[C@H](N)C(=O)N(CC(=O)O)c1ccccc1. The quantitative estimate of drug-likeness (QED) is 0.627. The molecule has 102 valence electrons. The van der Waals surface area contributed by atoms with E-state index in [0.29, 0.717) is 5.69 Å². The van der Waals surface area contributed by atoms with Crippen LogP contribution in [0.5, 0.6) is 0 Å². The van der Waals surface area contributed by atoms with Gasteiger partial charge in [-0.3, -0.25) is 19.3 Å². The van der Waals surface area contributed by atoms with Crippen molar-refractivity contribution in [1.29, 1.82) is 0 Å². The number of anilines is 1. The average molecular weight is 265 g/mol. The van der Waals surface area contributed by atoms with Crippen LogP contribution in [0.2, 0.25) is 0 Å². The van der Waals surface area contributed by atoms with E-state index < -0.39 is 30.4 Å². The number of nitrogens with zero attached hydrogens (tertiary/aromatic N) is 1. The summed E-state index contributed by atoms with van der Waals surface area (Å²) in [5.41, 5.74) is 10.9. The first-order valence-corrected chi connectivity index (χ1v) is 5.54. The lowest BCUT2D eigenvalue weighted by Gasteiger charge is -2.23. The van der Waals surface area contributed by atoms with Crippen LogP contribution in [0.4, 0.5) is 5.69 Å². The molecule has 7 nitrogen and oxygen atoms in total. The number of benzene rings is 1. The Labute approximate surface area is 109 Å². The van der Waals surface area contributed by atoms with Gasteiger partial charge in [-0.1, -0.05) is 18.2 Å². The Balaban J connectivity index is 2.94. The summed E-state index contributed by atoms with van der Waals surface area (Å²) in [6, 6.07) is 7.07. The molecule has 1 atom stereocenters. The Kier molecular flexibility index (Phi) is 5.01. The number of amides is 2. The normalized spacial score (nSPS) is 11.6. The first-order valence-electron chi connectivity index (χ1n) is 5.54. The molecule has 0 heterocycles. The molecule has 0 bridgehead atoms. The molecule has 0 aromatic heterocycles. The first-order chi connectivity index (χ1) is 8.91. The van der Waals surface area contributed by atoms with Gasteiger partial charge in [-0.2, -0.15) is 0 Å². The fraction of sp³-hybridized carbons (Fsp3) is 0.250. The van der Waals surface area contributed by atoms with Gasteiger partial charge in [0.2, 0.25) is 11.8 Å². The molecular weight excluding hydrogens is 250 g/mol. The van der Waals surface area contributed by atoms with Gasteiger partial charge in [0.25, 0.3) is 0 Å². The highest BCUT2D eigenvalue weighted by Crippen LogP contribution is 2.14. The Morgan fingerprint density at radius 2 is 1.79 bits per heavy atom. The van der Waals surface area contributed by atoms with Crippen molar-refractivity contribution in [3.63, 3.8) is 0 Å². The molecular formula is C12H15N3O4. The van der Waals surface area contributed by atoms with E-state index in [1.807, 2.05) is 0 Å². The third-order valence-electron chi connectivity index (χ3n) is 2.37. The number of hydrogen-bond acceptors (Lipinski definition) is 4. The minimum absolute atomic E-state index is 0.332. The molecule has 0 aliphatic heterocycles. The maximum atomic E-state index is 12.0. The van der Waals surface area contributed by atoms with Gasteiger partial charge in [-0.15, -0.1) is 0 Å². The topological polar surface area (TPSA) is 127 Å². The van der Waals surface area contributed by atoms with Crippen LogP contribution >= 0.6 is 0 Å². The predicted molar refractivity (Wildman–Crippen MR) is 68.2 cm³/mol. The van der Waals surface area contributed by atoms with Crippen molar-refractivity contribution in [2.24, 2.45) is 11.5 Å². The second-order valence-corrected chi connectivity index (χ2v) is 3.93. The Morgan fingerprint density at radius 3 is 2.26 bits per heavy atom. The van der Waals surface area contributed by atoms with Crippen molar-refractivity contribution in [2.45, 2.75) is 12.5 Å². The maximum absolute atomic E-state index is 12.0. The highest BCUT2D eigenvalue weighted by atomic mass is 16.4. The Hall–Kier alpha value is -2.41. The van der Waals surface area contributed by atoms with E-state index in [2.05, 4.69) is 0 Å². The number of nitrogens with two attached hydrogens (primary N) is 2. The highest BCUT2D eigenvalue weighted by molar-refractivity contribution is 6.01. The van der Waals surface area contributed by atoms with E-state index in [0.717, 1.165) is 4.90 Å². The first kappa shape index (κ1) is 14.7. The lowest BCUT2D eigenvalue weighted by molar-refractivity contribution is -0.136. The lowest BCUT2D eigenvalue weighted by Crippen LogP contribution is -2.47. The fourth-order valence-electron chi connectivity index (χ4n) is 1.54. The summed E-state index contributed by atoms with van der Waals surface area (Å²) in [6.07, 6.45) is -0.332. The van der Waals surface area contributed by atoms with Crippen LogP contribution in [0, 0.1) is 0 Å². The van der Waals surface area contributed by atoms with Crippen molar-refractivity contribution < 1.29 is 19.5 Å². The zero-order valence-corrected chi connectivity index (χ0v) is 10.2. The molecule has 0 aliphatic rings. The molecule has 0 aliphatic carbocycles. The number of para-hydroxylation sites is 1. The Bertz CT molecular complexity index is 475. The lowest BCUT2D eigenvalue weighted by atomic mass is 10.1. The van der Waals surface area contributed by atoms with Crippen molar-refractivity contribution >= 4 is 23.5 Å². The van der Waals surface area contributed by atoms with Gasteiger partial charge in [0.15, 0.2) is 0 Å². The third kappa shape index (κ3) is 4.40. The monoisotopic (exact) mass is 265 g/mol. The van der Waals surface area contributed by atoms with Crippen LogP contribution in [-0.4, -0.2) is 35.5 Å². The van der Waals surface area contributed by atoms with Gasteiger partial charge in [0.1, 0.15) is 6.54 Å². The second-order valence-electron chi connectivity index (χ2n) is 3.93. The standard InChI is InChI=1S/C12H15N3O4/c13-9(6-10(14)16)12(19)15(7-11(17)18)8-4-2-1-3-5-8/h1-5,9H,6-7,13H2,(H2,14,16)(H,17,18)/t9-/m0/s1. The largest absolute Gasteiger partial charge is 0.480 e. The minimum atomic E-state index is -1.18. The van der Waals surface area contributed by atoms with Gasteiger partial charge in [0, 0.05) is 5.69 Å². The van der Waals surface area contributed by atoms with Crippen LogP contribution in [0.3, 0.4) is 0 Å². The fourth-order valence-corrected chi connectivity index (χ4v) is 1.54.